The quantitative estimate of drug-likeness (QED) is 0.721. The molecule has 0 aliphatic rings. The van der Waals surface area contributed by atoms with Crippen molar-refractivity contribution in [3.8, 4) is 5.75 Å². The number of unbranched alkanes of at least 4 members (excludes halogenated alkanes) is 1. The van der Waals surface area contributed by atoms with E-state index in [2.05, 4.69) is 12.2 Å². The molecular weight excluding hydrogens is 347 g/mol. The van der Waals surface area contributed by atoms with Crippen molar-refractivity contribution >= 4 is 17.5 Å². The fourth-order valence-electron chi connectivity index (χ4n) is 2.58. The summed E-state index contributed by atoms with van der Waals surface area (Å²) in [6.07, 6.45) is 1.92. The highest BCUT2D eigenvalue weighted by Crippen LogP contribution is 2.20. The normalized spacial score (nSPS) is 10.3. The molecule has 0 spiro atoms. The zero-order valence-corrected chi connectivity index (χ0v) is 15.7. The van der Waals surface area contributed by atoms with E-state index in [9.17, 15) is 14.0 Å². The summed E-state index contributed by atoms with van der Waals surface area (Å²) in [7, 11) is 0. The van der Waals surface area contributed by atoms with Crippen molar-refractivity contribution in [1.82, 2.24) is 4.90 Å². The monoisotopic (exact) mass is 372 g/mol. The van der Waals surface area contributed by atoms with Crippen LogP contribution in [0.2, 0.25) is 0 Å². The van der Waals surface area contributed by atoms with Crippen LogP contribution in [0.15, 0.2) is 48.5 Å². The molecule has 0 aromatic heterocycles. The number of carbonyl (C=O) groups excluding carboxylic acids is 2. The summed E-state index contributed by atoms with van der Waals surface area (Å²) in [5, 5.41) is 2.46. The minimum Gasteiger partial charge on any atom is -0.483 e. The van der Waals surface area contributed by atoms with Crippen LogP contribution < -0.4 is 10.1 Å². The third-order valence-electron chi connectivity index (χ3n) is 4.07. The van der Waals surface area contributed by atoms with Crippen LogP contribution >= 0.6 is 0 Å². The van der Waals surface area contributed by atoms with Crippen LogP contribution in [0.1, 0.15) is 37.0 Å². The number of ether oxygens (including phenoxy) is 1. The van der Waals surface area contributed by atoms with Crippen LogP contribution in [-0.2, 0) is 4.79 Å². The smallest absolute Gasteiger partial charge is 0.262 e. The van der Waals surface area contributed by atoms with E-state index < -0.39 is 11.7 Å². The Morgan fingerprint density at radius 3 is 2.48 bits per heavy atom. The number of nitrogens with one attached hydrogen (secondary N) is 1. The summed E-state index contributed by atoms with van der Waals surface area (Å²) >= 11 is 0. The molecule has 0 heterocycles. The highest BCUT2D eigenvalue weighted by atomic mass is 19.1. The van der Waals surface area contributed by atoms with Gasteiger partial charge in [-0.15, -0.1) is 0 Å². The largest absolute Gasteiger partial charge is 0.483 e. The van der Waals surface area contributed by atoms with Gasteiger partial charge in [-0.1, -0.05) is 37.6 Å². The van der Waals surface area contributed by atoms with Crippen molar-refractivity contribution in [2.24, 2.45) is 0 Å². The summed E-state index contributed by atoms with van der Waals surface area (Å²) in [5.41, 5.74) is 0.501. The number of anilines is 1. The molecule has 0 radical (unpaired) electrons. The van der Waals surface area contributed by atoms with Gasteiger partial charge in [-0.25, -0.2) is 4.39 Å². The Kier molecular flexibility index (Phi) is 7.79. The number of nitrogens with zero attached hydrogens (tertiary/aromatic N) is 1. The molecule has 144 valence electrons. The second-order valence-electron chi connectivity index (χ2n) is 6.05. The van der Waals surface area contributed by atoms with Gasteiger partial charge in [-0.2, -0.15) is 0 Å². The Morgan fingerprint density at radius 2 is 1.78 bits per heavy atom. The summed E-state index contributed by atoms with van der Waals surface area (Å²) in [6.45, 7) is 4.96. The summed E-state index contributed by atoms with van der Waals surface area (Å²) in [5.74, 6) is -0.811. The maximum absolute atomic E-state index is 13.6. The summed E-state index contributed by atoms with van der Waals surface area (Å²) < 4.78 is 19.2. The SMILES string of the molecule is CCCCN(CC)C(=O)c1ccccc1OCC(=O)Nc1ccccc1F. The van der Waals surface area contributed by atoms with Gasteiger partial charge >= 0.3 is 0 Å². The Morgan fingerprint density at radius 1 is 1.07 bits per heavy atom. The molecule has 0 saturated heterocycles. The first-order chi connectivity index (χ1) is 13.1. The van der Waals surface area contributed by atoms with Gasteiger partial charge in [-0.3, -0.25) is 9.59 Å². The number of amides is 2. The lowest BCUT2D eigenvalue weighted by Crippen LogP contribution is -2.32. The first-order valence-electron chi connectivity index (χ1n) is 9.12. The molecule has 0 aliphatic heterocycles. The number of carbonyl (C=O) groups is 2. The number of benzene rings is 2. The molecule has 0 aliphatic carbocycles. The highest BCUT2D eigenvalue weighted by Gasteiger charge is 2.18. The first kappa shape index (κ1) is 20.4. The summed E-state index contributed by atoms with van der Waals surface area (Å²) in [6, 6.07) is 12.7. The second-order valence-corrected chi connectivity index (χ2v) is 6.05. The molecule has 1 N–H and O–H groups in total. The van der Waals surface area contributed by atoms with E-state index in [4.69, 9.17) is 4.74 Å². The number of hydrogen-bond donors (Lipinski definition) is 1. The molecule has 6 heteroatoms. The second kappa shape index (κ2) is 10.3. The lowest BCUT2D eigenvalue weighted by Gasteiger charge is -2.22. The molecule has 0 atom stereocenters. The number of halogens is 1. The lowest BCUT2D eigenvalue weighted by molar-refractivity contribution is -0.118. The van der Waals surface area contributed by atoms with Gasteiger partial charge in [-0.05, 0) is 37.6 Å². The van der Waals surface area contributed by atoms with E-state index in [0.717, 1.165) is 12.8 Å². The molecule has 5 nitrogen and oxygen atoms in total. The zero-order chi connectivity index (χ0) is 19.6. The Bertz CT molecular complexity index is 780. The maximum atomic E-state index is 13.6. The van der Waals surface area contributed by atoms with Gasteiger partial charge in [0.05, 0.1) is 11.3 Å². The van der Waals surface area contributed by atoms with Crippen molar-refractivity contribution in [2.75, 3.05) is 25.0 Å². The molecule has 27 heavy (non-hydrogen) atoms. The van der Waals surface area contributed by atoms with Crippen molar-refractivity contribution in [1.29, 1.82) is 0 Å². The van der Waals surface area contributed by atoms with Gasteiger partial charge in [0.2, 0.25) is 0 Å². The highest BCUT2D eigenvalue weighted by molar-refractivity contribution is 5.97. The van der Waals surface area contributed by atoms with Gasteiger partial charge < -0.3 is 15.0 Å². The molecule has 0 unspecified atom stereocenters. The molecule has 2 rings (SSSR count). The molecule has 2 aromatic rings. The topological polar surface area (TPSA) is 58.6 Å². The van der Waals surface area contributed by atoms with Gasteiger partial charge in [0.1, 0.15) is 11.6 Å². The van der Waals surface area contributed by atoms with E-state index in [1.807, 2.05) is 6.92 Å². The third-order valence-corrected chi connectivity index (χ3v) is 4.07. The molecule has 0 saturated carbocycles. The van der Waals surface area contributed by atoms with Crippen LogP contribution in [0.5, 0.6) is 5.75 Å². The molecule has 2 amide bonds. The third kappa shape index (κ3) is 5.81. The summed E-state index contributed by atoms with van der Waals surface area (Å²) in [4.78, 5) is 26.6. The van der Waals surface area contributed by atoms with Crippen molar-refractivity contribution in [3.05, 3.63) is 59.9 Å². The Labute approximate surface area is 159 Å². The minimum atomic E-state index is -0.518. The van der Waals surface area contributed by atoms with Crippen LogP contribution in [0, 0.1) is 5.82 Å². The average Bonchev–Trinajstić information content (AvgIpc) is 2.69. The number of rotatable bonds is 9. The number of para-hydroxylation sites is 2. The van der Waals surface area contributed by atoms with E-state index in [0.29, 0.717) is 24.4 Å². The van der Waals surface area contributed by atoms with E-state index in [1.165, 1.54) is 12.1 Å². The van der Waals surface area contributed by atoms with Gasteiger partial charge in [0.15, 0.2) is 6.61 Å². The predicted octanol–water partition coefficient (Wildman–Crippen LogP) is 4.11. The van der Waals surface area contributed by atoms with E-state index in [1.54, 1.807) is 41.3 Å². The Hall–Kier alpha value is -2.89. The molecular formula is C21H25FN2O3. The van der Waals surface area contributed by atoms with Gasteiger partial charge in [0, 0.05) is 13.1 Å². The zero-order valence-electron chi connectivity index (χ0n) is 15.7. The Balaban J connectivity index is 2.03. The average molecular weight is 372 g/mol. The number of hydrogen-bond acceptors (Lipinski definition) is 3. The fourth-order valence-corrected chi connectivity index (χ4v) is 2.58. The standard InChI is InChI=1S/C21H25FN2O3/c1-3-5-14-24(4-2)21(26)16-10-6-9-13-19(16)27-15-20(25)23-18-12-8-7-11-17(18)22/h6-13H,3-5,14-15H2,1-2H3,(H,23,25). The van der Waals surface area contributed by atoms with E-state index >= 15 is 0 Å². The lowest BCUT2D eigenvalue weighted by atomic mass is 10.1. The van der Waals surface area contributed by atoms with Crippen LogP contribution in [0.3, 0.4) is 0 Å². The molecule has 0 bridgehead atoms. The molecule has 0 fully saturated rings. The fraction of sp³-hybridized carbons (Fsp3) is 0.333. The predicted molar refractivity (Wildman–Crippen MR) is 103 cm³/mol. The van der Waals surface area contributed by atoms with Crippen molar-refractivity contribution in [3.63, 3.8) is 0 Å². The maximum Gasteiger partial charge on any atom is 0.262 e. The van der Waals surface area contributed by atoms with E-state index in [-0.39, 0.29) is 18.2 Å². The first-order valence-corrected chi connectivity index (χ1v) is 9.12. The minimum absolute atomic E-state index is 0.0900. The van der Waals surface area contributed by atoms with Gasteiger partial charge in [0.25, 0.3) is 11.8 Å². The molecule has 2 aromatic carbocycles. The van der Waals surface area contributed by atoms with Crippen molar-refractivity contribution < 1.29 is 18.7 Å². The van der Waals surface area contributed by atoms with Crippen LogP contribution in [0.4, 0.5) is 10.1 Å². The van der Waals surface area contributed by atoms with Crippen molar-refractivity contribution in [2.45, 2.75) is 26.7 Å². The van der Waals surface area contributed by atoms with Crippen LogP contribution in [-0.4, -0.2) is 36.4 Å². The van der Waals surface area contributed by atoms with Crippen LogP contribution in [0.25, 0.3) is 0 Å².